The number of hydrogen-bond donors (Lipinski definition) is 0. The van der Waals surface area contributed by atoms with Crippen molar-refractivity contribution >= 4 is 49.7 Å². The van der Waals surface area contributed by atoms with Gasteiger partial charge in [-0.15, -0.1) is 22.7 Å². The lowest BCUT2D eigenvalue weighted by Gasteiger charge is -2.00. The van der Waals surface area contributed by atoms with E-state index < -0.39 is 11.6 Å². The summed E-state index contributed by atoms with van der Waals surface area (Å²) in [6.07, 6.45) is 0. The Labute approximate surface area is 146 Å². The number of thiazole rings is 1. The van der Waals surface area contributed by atoms with Crippen molar-refractivity contribution in [2.75, 3.05) is 0 Å². The van der Waals surface area contributed by atoms with Gasteiger partial charge in [0.15, 0.2) is 5.58 Å². The zero-order chi connectivity index (χ0) is 16.0. The fourth-order valence-corrected chi connectivity index (χ4v) is 4.21. The second kappa shape index (κ2) is 5.70. The van der Waals surface area contributed by atoms with Crippen LogP contribution in [0.5, 0.6) is 0 Å². The molecule has 116 valence electrons. The number of oxazole rings is 1. The van der Waals surface area contributed by atoms with Gasteiger partial charge in [0.25, 0.3) is 0 Å². The Balaban J connectivity index is 1.74. The molecule has 0 aliphatic rings. The third kappa shape index (κ3) is 2.66. The van der Waals surface area contributed by atoms with E-state index in [1.807, 2.05) is 22.9 Å². The molecule has 0 aliphatic heterocycles. The molecule has 8 heteroatoms. The zero-order valence-electron chi connectivity index (χ0n) is 11.5. The van der Waals surface area contributed by atoms with Crippen LogP contribution in [0.3, 0.4) is 0 Å². The SMILES string of the molecule is O=c1oc2cc(Br)c(F)cc2n1Cc1csc(-c2cccs2)n1. The summed E-state index contributed by atoms with van der Waals surface area (Å²) in [7, 11) is 0. The molecular weight excluding hydrogens is 403 g/mol. The molecule has 0 saturated carbocycles. The third-order valence-corrected chi connectivity index (χ3v) is 5.85. The molecule has 0 amide bonds. The molecule has 0 spiro atoms. The van der Waals surface area contributed by atoms with Gasteiger partial charge in [-0.05, 0) is 27.4 Å². The third-order valence-electron chi connectivity index (χ3n) is 3.31. The maximum atomic E-state index is 13.8. The Morgan fingerprint density at radius 3 is 3.00 bits per heavy atom. The van der Waals surface area contributed by atoms with Crippen molar-refractivity contribution in [1.29, 1.82) is 0 Å². The van der Waals surface area contributed by atoms with Gasteiger partial charge in [0.05, 0.1) is 27.1 Å². The minimum Gasteiger partial charge on any atom is -0.408 e. The molecule has 0 atom stereocenters. The maximum Gasteiger partial charge on any atom is 0.420 e. The molecule has 0 N–H and O–H groups in total. The van der Waals surface area contributed by atoms with Crippen molar-refractivity contribution in [2.24, 2.45) is 0 Å². The summed E-state index contributed by atoms with van der Waals surface area (Å²) in [6, 6.07) is 6.72. The van der Waals surface area contributed by atoms with Crippen LogP contribution in [0.25, 0.3) is 21.0 Å². The van der Waals surface area contributed by atoms with Crippen LogP contribution in [-0.2, 0) is 6.54 Å². The molecule has 0 unspecified atom stereocenters. The van der Waals surface area contributed by atoms with E-state index in [0.717, 1.165) is 15.6 Å². The van der Waals surface area contributed by atoms with E-state index >= 15 is 0 Å². The predicted octanol–water partition coefficient (Wildman–Crippen LogP) is 4.73. The van der Waals surface area contributed by atoms with E-state index in [2.05, 4.69) is 20.9 Å². The Morgan fingerprint density at radius 2 is 2.22 bits per heavy atom. The van der Waals surface area contributed by atoms with Crippen LogP contribution in [0.1, 0.15) is 5.69 Å². The smallest absolute Gasteiger partial charge is 0.408 e. The summed E-state index contributed by atoms with van der Waals surface area (Å²) in [4.78, 5) is 17.7. The summed E-state index contributed by atoms with van der Waals surface area (Å²) in [5.74, 6) is -0.965. The van der Waals surface area contributed by atoms with E-state index in [1.165, 1.54) is 28.0 Å². The molecule has 0 saturated heterocycles. The van der Waals surface area contributed by atoms with Crippen LogP contribution in [0.15, 0.2) is 48.7 Å². The van der Waals surface area contributed by atoms with Gasteiger partial charge in [0.2, 0.25) is 0 Å². The normalized spacial score (nSPS) is 11.4. The molecule has 0 radical (unpaired) electrons. The van der Waals surface area contributed by atoms with Crippen molar-refractivity contribution in [3.05, 3.63) is 61.6 Å². The topological polar surface area (TPSA) is 48.0 Å². The number of thiophene rings is 1. The molecule has 0 fully saturated rings. The summed E-state index contributed by atoms with van der Waals surface area (Å²) in [5, 5.41) is 4.80. The highest BCUT2D eigenvalue weighted by molar-refractivity contribution is 9.10. The lowest BCUT2D eigenvalue weighted by Crippen LogP contribution is -2.15. The molecule has 4 aromatic rings. The maximum absolute atomic E-state index is 13.8. The monoisotopic (exact) mass is 410 g/mol. The molecule has 1 aromatic carbocycles. The summed E-state index contributed by atoms with van der Waals surface area (Å²) in [6.45, 7) is 0.245. The van der Waals surface area contributed by atoms with Crippen LogP contribution < -0.4 is 5.76 Å². The van der Waals surface area contributed by atoms with Crippen molar-refractivity contribution in [3.8, 4) is 9.88 Å². The summed E-state index contributed by atoms with van der Waals surface area (Å²) >= 11 is 6.22. The van der Waals surface area contributed by atoms with Gasteiger partial charge in [0.1, 0.15) is 10.8 Å². The number of nitrogens with zero attached hydrogens (tertiary/aromatic N) is 2. The predicted molar refractivity (Wildman–Crippen MR) is 92.7 cm³/mol. The fraction of sp³-hybridized carbons (Fsp3) is 0.0667. The minimum absolute atomic E-state index is 0.245. The van der Waals surface area contributed by atoms with E-state index in [9.17, 15) is 9.18 Å². The number of rotatable bonds is 3. The van der Waals surface area contributed by atoms with Gasteiger partial charge in [-0.1, -0.05) is 6.07 Å². The first-order chi connectivity index (χ1) is 11.1. The van der Waals surface area contributed by atoms with Crippen LogP contribution in [0.4, 0.5) is 4.39 Å². The van der Waals surface area contributed by atoms with E-state index in [1.54, 1.807) is 11.3 Å². The fourth-order valence-electron chi connectivity index (χ4n) is 2.26. The van der Waals surface area contributed by atoms with Crippen molar-refractivity contribution < 1.29 is 8.81 Å². The second-order valence-corrected chi connectivity index (χ2v) is 7.47. The number of aromatic nitrogens is 2. The van der Waals surface area contributed by atoms with E-state index in [-0.39, 0.29) is 11.0 Å². The zero-order valence-corrected chi connectivity index (χ0v) is 14.7. The molecule has 3 aromatic heterocycles. The first-order valence-corrected chi connectivity index (χ1v) is 9.14. The van der Waals surface area contributed by atoms with Gasteiger partial charge >= 0.3 is 5.76 Å². The summed E-state index contributed by atoms with van der Waals surface area (Å²) < 4.78 is 20.6. The number of fused-ring (bicyclic) bond motifs is 1. The lowest BCUT2D eigenvalue weighted by atomic mass is 10.3. The standard InChI is InChI=1S/C15H8BrFN2O2S2/c16-9-4-12-11(5-10(9)17)19(15(20)21-12)6-8-7-23-14(18-8)13-2-1-3-22-13/h1-5,7H,6H2. The van der Waals surface area contributed by atoms with Crippen molar-refractivity contribution in [1.82, 2.24) is 9.55 Å². The Bertz CT molecular complexity index is 1050. The van der Waals surface area contributed by atoms with Gasteiger partial charge in [-0.2, -0.15) is 0 Å². The van der Waals surface area contributed by atoms with Gasteiger partial charge in [-0.25, -0.2) is 14.2 Å². The molecule has 4 nitrogen and oxygen atoms in total. The highest BCUT2D eigenvalue weighted by Crippen LogP contribution is 2.28. The molecular formula is C15H8BrFN2O2S2. The van der Waals surface area contributed by atoms with Gasteiger partial charge < -0.3 is 4.42 Å². The van der Waals surface area contributed by atoms with Crippen LogP contribution in [0.2, 0.25) is 0 Å². The first-order valence-electron chi connectivity index (χ1n) is 6.58. The Kier molecular flexibility index (Phi) is 3.67. The Hall–Kier alpha value is -1.77. The molecule has 4 rings (SSSR count). The Morgan fingerprint density at radius 1 is 1.35 bits per heavy atom. The average molecular weight is 411 g/mol. The van der Waals surface area contributed by atoms with Crippen molar-refractivity contribution in [3.63, 3.8) is 0 Å². The van der Waals surface area contributed by atoms with Gasteiger partial charge in [0, 0.05) is 17.5 Å². The highest BCUT2D eigenvalue weighted by atomic mass is 79.9. The first kappa shape index (κ1) is 14.8. The molecule has 23 heavy (non-hydrogen) atoms. The number of halogens is 2. The quantitative estimate of drug-likeness (QED) is 0.490. The van der Waals surface area contributed by atoms with Crippen LogP contribution in [0, 0.1) is 5.82 Å². The van der Waals surface area contributed by atoms with Crippen LogP contribution in [-0.4, -0.2) is 9.55 Å². The van der Waals surface area contributed by atoms with E-state index in [4.69, 9.17) is 4.42 Å². The highest BCUT2D eigenvalue weighted by Gasteiger charge is 2.14. The van der Waals surface area contributed by atoms with E-state index in [0.29, 0.717) is 11.1 Å². The largest absolute Gasteiger partial charge is 0.420 e. The summed E-state index contributed by atoms with van der Waals surface area (Å²) in [5.41, 5.74) is 1.50. The molecule has 0 aliphatic carbocycles. The lowest BCUT2D eigenvalue weighted by molar-refractivity contribution is 0.516. The van der Waals surface area contributed by atoms with Gasteiger partial charge in [-0.3, -0.25) is 4.57 Å². The van der Waals surface area contributed by atoms with Crippen molar-refractivity contribution in [2.45, 2.75) is 6.54 Å². The number of benzene rings is 1. The van der Waals surface area contributed by atoms with Crippen LogP contribution >= 0.6 is 38.6 Å². The number of hydrogen-bond acceptors (Lipinski definition) is 5. The molecule has 0 bridgehead atoms. The second-order valence-electron chi connectivity index (χ2n) is 4.81. The minimum atomic E-state index is -0.525. The molecule has 3 heterocycles. The average Bonchev–Trinajstić information content (AvgIpc) is 3.23.